The van der Waals surface area contributed by atoms with Gasteiger partial charge in [-0.1, -0.05) is 40.9 Å². The third-order valence-electron chi connectivity index (χ3n) is 2.77. The maximum atomic E-state index is 6.15. The number of ether oxygens (including phenoxy) is 1. The summed E-state index contributed by atoms with van der Waals surface area (Å²) >= 11 is 17.8. The molecule has 3 N–H and O–H groups in total. The molecule has 2 aromatic carbocycles. The minimum Gasteiger partial charge on any atom is -0.492 e. The topological polar surface area (TPSA) is 47.3 Å². The summed E-state index contributed by atoms with van der Waals surface area (Å²) in [4.78, 5) is 0. The molecule has 0 aliphatic rings. The zero-order valence-electron chi connectivity index (χ0n) is 10.4. The first kappa shape index (κ1) is 15.4. The summed E-state index contributed by atoms with van der Waals surface area (Å²) in [7, 11) is 0. The second-order valence-corrected chi connectivity index (χ2v) is 5.43. The van der Waals surface area contributed by atoms with Crippen molar-refractivity contribution in [1.82, 2.24) is 5.43 Å². The van der Waals surface area contributed by atoms with Gasteiger partial charge >= 0.3 is 0 Å². The molecule has 0 spiro atoms. The standard InChI is InChI=1S/C14H13Cl3N2O/c15-9-1-4-11(5-2-9)20-8-14(19-18)12-6-3-10(16)7-13(12)17/h1-7,14,19H,8,18H2. The van der Waals surface area contributed by atoms with E-state index >= 15 is 0 Å². The fourth-order valence-electron chi connectivity index (χ4n) is 1.72. The Hall–Kier alpha value is -0.970. The van der Waals surface area contributed by atoms with Crippen molar-refractivity contribution in [3.63, 3.8) is 0 Å². The van der Waals surface area contributed by atoms with Crippen molar-refractivity contribution < 1.29 is 4.74 Å². The number of rotatable bonds is 5. The molecule has 1 unspecified atom stereocenters. The minimum atomic E-state index is -0.240. The molecule has 2 aromatic rings. The monoisotopic (exact) mass is 330 g/mol. The number of hydrazine groups is 1. The van der Waals surface area contributed by atoms with Gasteiger partial charge in [-0.25, -0.2) is 5.43 Å². The van der Waals surface area contributed by atoms with Crippen LogP contribution >= 0.6 is 34.8 Å². The number of nitrogens with one attached hydrogen (secondary N) is 1. The maximum absolute atomic E-state index is 6.15. The molecule has 0 saturated carbocycles. The van der Waals surface area contributed by atoms with Crippen molar-refractivity contribution in [1.29, 1.82) is 0 Å². The van der Waals surface area contributed by atoms with Gasteiger partial charge in [0.15, 0.2) is 0 Å². The summed E-state index contributed by atoms with van der Waals surface area (Å²) in [6.45, 7) is 0.333. The molecule has 0 amide bonds. The lowest BCUT2D eigenvalue weighted by molar-refractivity contribution is 0.267. The van der Waals surface area contributed by atoms with Crippen LogP contribution in [0.25, 0.3) is 0 Å². The van der Waals surface area contributed by atoms with E-state index in [1.807, 2.05) is 6.07 Å². The number of halogens is 3. The van der Waals surface area contributed by atoms with Crippen LogP contribution in [0.3, 0.4) is 0 Å². The molecule has 0 saturated heterocycles. The third kappa shape index (κ3) is 4.01. The molecule has 0 heterocycles. The lowest BCUT2D eigenvalue weighted by atomic mass is 10.1. The van der Waals surface area contributed by atoms with Crippen LogP contribution in [0.1, 0.15) is 11.6 Å². The molecule has 20 heavy (non-hydrogen) atoms. The predicted octanol–water partition coefficient (Wildman–Crippen LogP) is 4.23. The lowest BCUT2D eigenvalue weighted by Crippen LogP contribution is -2.32. The molecular weight excluding hydrogens is 319 g/mol. The van der Waals surface area contributed by atoms with Crippen LogP contribution in [-0.2, 0) is 0 Å². The molecule has 3 nitrogen and oxygen atoms in total. The van der Waals surface area contributed by atoms with Gasteiger partial charge in [-0.3, -0.25) is 5.84 Å². The van der Waals surface area contributed by atoms with Crippen molar-refractivity contribution in [2.75, 3.05) is 6.61 Å². The Morgan fingerprint density at radius 2 is 1.65 bits per heavy atom. The zero-order valence-corrected chi connectivity index (χ0v) is 12.7. The van der Waals surface area contributed by atoms with Crippen molar-refractivity contribution >= 4 is 34.8 Å². The first-order valence-electron chi connectivity index (χ1n) is 5.89. The lowest BCUT2D eigenvalue weighted by Gasteiger charge is -2.18. The molecule has 0 aromatic heterocycles. The highest BCUT2D eigenvalue weighted by molar-refractivity contribution is 6.35. The average molecular weight is 332 g/mol. The minimum absolute atomic E-state index is 0.240. The summed E-state index contributed by atoms with van der Waals surface area (Å²) < 4.78 is 5.66. The van der Waals surface area contributed by atoms with E-state index in [2.05, 4.69) is 5.43 Å². The number of nitrogens with two attached hydrogens (primary N) is 1. The summed E-state index contributed by atoms with van der Waals surface area (Å²) in [5, 5.41) is 1.78. The fourth-order valence-corrected chi connectivity index (χ4v) is 2.39. The molecular formula is C14H13Cl3N2O. The molecule has 0 radical (unpaired) electrons. The van der Waals surface area contributed by atoms with Gasteiger partial charge in [0.1, 0.15) is 12.4 Å². The summed E-state index contributed by atoms with van der Waals surface area (Å²) in [5.41, 5.74) is 3.51. The molecule has 106 valence electrons. The summed E-state index contributed by atoms with van der Waals surface area (Å²) in [5.74, 6) is 6.27. The smallest absolute Gasteiger partial charge is 0.119 e. The quantitative estimate of drug-likeness (QED) is 0.636. The molecule has 0 aliphatic carbocycles. The number of hydrogen-bond donors (Lipinski definition) is 2. The largest absolute Gasteiger partial charge is 0.492 e. The van der Waals surface area contributed by atoms with Crippen molar-refractivity contribution in [3.05, 3.63) is 63.1 Å². The van der Waals surface area contributed by atoms with Crippen LogP contribution in [0.2, 0.25) is 15.1 Å². The van der Waals surface area contributed by atoms with E-state index in [0.717, 1.165) is 5.56 Å². The van der Waals surface area contributed by atoms with Gasteiger partial charge in [-0.2, -0.15) is 0 Å². The van der Waals surface area contributed by atoms with Crippen LogP contribution in [0.5, 0.6) is 5.75 Å². The Labute approximate surface area is 132 Å². The van der Waals surface area contributed by atoms with E-state index in [1.54, 1.807) is 36.4 Å². The van der Waals surface area contributed by atoms with E-state index in [9.17, 15) is 0 Å². The zero-order chi connectivity index (χ0) is 14.5. The van der Waals surface area contributed by atoms with Crippen molar-refractivity contribution in [3.8, 4) is 5.75 Å². The van der Waals surface area contributed by atoms with E-state index in [0.29, 0.717) is 27.4 Å². The highest BCUT2D eigenvalue weighted by Gasteiger charge is 2.14. The Morgan fingerprint density at radius 3 is 2.25 bits per heavy atom. The van der Waals surface area contributed by atoms with Crippen LogP contribution < -0.4 is 16.0 Å². The highest BCUT2D eigenvalue weighted by Crippen LogP contribution is 2.26. The maximum Gasteiger partial charge on any atom is 0.119 e. The van der Waals surface area contributed by atoms with E-state index in [-0.39, 0.29) is 6.04 Å². The number of hydrogen-bond acceptors (Lipinski definition) is 3. The molecule has 0 bridgehead atoms. The number of benzene rings is 2. The molecule has 0 fully saturated rings. The third-order valence-corrected chi connectivity index (χ3v) is 3.58. The van der Waals surface area contributed by atoms with Crippen molar-refractivity contribution in [2.45, 2.75) is 6.04 Å². The first-order chi connectivity index (χ1) is 9.60. The molecule has 0 aliphatic heterocycles. The van der Waals surface area contributed by atoms with E-state index < -0.39 is 0 Å². The highest BCUT2D eigenvalue weighted by atomic mass is 35.5. The Bertz CT molecular complexity index is 575. The Balaban J connectivity index is 2.07. The van der Waals surface area contributed by atoms with Gasteiger partial charge in [0.25, 0.3) is 0 Å². The average Bonchev–Trinajstić information content (AvgIpc) is 2.43. The Morgan fingerprint density at radius 1 is 1.00 bits per heavy atom. The van der Waals surface area contributed by atoms with Crippen LogP contribution in [0.15, 0.2) is 42.5 Å². The van der Waals surface area contributed by atoms with Crippen LogP contribution in [-0.4, -0.2) is 6.61 Å². The summed E-state index contributed by atoms with van der Waals surface area (Å²) in [6.07, 6.45) is 0. The second kappa shape index (κ2) is 7.16. The van der Waals surface area contributed by atoms with Crippen LogP contribution in [0.4, 0.5) is 0 Å². The van der Waals surface area contributed by atoms with Crippen molar-refractivity contribution in [2.24, 2.45) is 5.84 Å². The van der Waals surface area contributed by atoms with E-state index in [1.165, 1.54) is 0 Å². The van der Waals surface area contributed by atoms with Gasteiger partial charge in [-0.15, -0.1) is 0 Å². The SMILES string of the molecule is NNC(COc1ccc(Cl)cc1)c1ccc(Cl)cc1Cl. The van der Waals surface area contributed by atoms with Gasteiger partial charge < -0.3 is 4.74 Å². The van der Waals surface area contributed by atoms with Gasteiger partial charge in [-0.05, 0) is 42.0 Å². The summed E-state index contributed by atoms with van der Waals surface area (Å²) in [6, 6.07) is 12.1. The molecule has 1 atom stereocenters. The predicted molar refractivity (Wildman–Crippen MR) is 83.5 cm³/mol. The fraction of sp³-hybridized carbons (Fsp3) is 0.143. The van der Waals surface area contributed by atoms with Crippen LogP contribution in [0, 0.1) is 0 Å². The molecule has 2 rings (SSSR count). The van der Waals surface area contributed by atoms with E-state index in [4.69, 9.17) is 45.4 Å². The normalized spacial score (nSPS) is 12.2. The van der Waals surface area contributed by atoms with Gasteiger partial charge in [0, 0.05) is 15.1 Å². The van der Waals surface area contributed by atoms with Gasteiger partial charge in [0.2, 0.25) is 0 Å². The molecule has 6 heteroatoms. The Kier molecular flexibility index (Phi) is 5.52. The van der Waals surface area contributed by atoms with Gasteiger partial charge in [0.05, 0.1) is 6.04 Å². The second-order valence-electron chi connectivity index (χ2n) is 4.15. The first-order valence-corrected chi connectivity index (χ1v) is 7.03.